The lowest BCUT2D eigenvalue weighted by molar-refractivity contribution is -0.158. The van der Waals surface area contributed by atoms with Gasteiger partial charge in [-0.3, -0.25) is 0 Å². The Balaban J connectivity index is 1.33. The van der Waals surface area contributed by atoms with E-state index in [4.69, 9.17) is 9.47 Å². The highest BCUT2D eigenvalue weighted by atomic mass is 19.4. The zero-order valence-electron chi connectivity index (χ0n) is 26.8. The predicted octanol–water partition coefficient (Wildman–Crippen LogP) is 6.36. The molecule has 4 aromatic rings. The standard InChI is InChI=1S/C33H36F5N7O3/c1-4-48-30(46)32(35)8-10-45(11-9-32)26-17-39-24(16-40-26)28-42-27-25(44(2)18-31(19-47-3)6-5-7-31)15-23(41-29(27)43-28)20-12-21(33(36,37)38)14-22(34)13-20/h12-17H,4-11,18-19H2,1-3H3,(H,41,42,43). The number of benzene rings is 1. The van der Waals surface area contributed by atoms with Gasteiger partial charge in [-0.2, -0.15) is 13.2 Å². The number of carbonyl (C=O) groups excluding carboxylic acids is 1. The van der Waals surface area contributed by atoms with Gasteiger partial charge in [-0.15, -0.1) is 0 Å². The largest absolute Gasteiger partial charge is 0.464 e. The number of ether oxygens (including phenoxy) is 2. The summed E-state index contributed by atoms with van der Waals surface area (Å²) < 4.78 is 80.7. The first kappa shape index (κ1) is 33.5. The molecule has 256 valence electrons. The van der Waals surface area contributed by atoms with Gasteiger partial charge in [0.25, 0.3) is 0 Å². The molecule has 1 aliphatic carbocycles. The van der Waals surface area contributed by atoms with E-state index in [0.29, 0.717) is 47.8 Å². The van der Waals surface area contributed by atoms with Crippen LogP contribution in [0.15, 0.2) is 36.7 Å². The summed E-state index contributed by atoms with van der Waals surface area (Å²) in [6, 6.07) is 3.97. The number of esters is 1. The van der Waals surface area contributed by atoms with Crippen molar-refractivity contribution in [3.63, 3.8) is 0 Å². The van der Waals surface area contributed by atoms with Crippen molar-refractivity contribution in [3.8, 4) is 22.8 Å². The monoisotopic (exact) mass is 673 g/mol. The number of hydrogen-bond acceptors (Lipinski definition) is 9. The number of carbonyl (C=O) groups is 1. The minimum absolute atomic E-state index is 0.0371. The van der Waals surface area contributed by atoms with Crippen LogP contribution in [0, 0.1) is 11.2 Å². The molecule has 2 aliphatic rings. The summed E-state index contributed by atoms with van der Waals surface area (Å²) in [5, 5.41) is 0. The number of alkyl halides is 4. The number of piperidine rings is 1. The number of nitrogens with zero attached hydrogens (tertiary/aromatic N) is 6. The fourth-order valence-corrected chi connectivity index (χ4v) is 6.52. The summed E-state index contributed by atoms with van der Waals surface area (Å²) in [4.78, 5) is 37.3. The molecule has 1 N–H and O–H groups in total. The second-order valence-corrected chi connectivity index (χ2v) is 12.6. The van der Waals surface area contributed by atoms with E-state index in [-0.39, 0.29) is 54.9 Å². The highest BCUT2D eigenvalue weighted by Gasteiger charge is 2.43. The number of anilines is 2. The molecule has 3 aromatic heterocycles. The molecule has 2 fully saturated rings. The van der Waals surface area contributed by atoms with Crippen molar-refractivity contribution in [2.24, 2.45) is 5.41 Å². The summed E-state index contributed by atoms with van der Waals surface area (Å²) in [5.41, 5.74) is -1.44. The van der Waals surface area contributed by atoms with Gasteiger partial charge in [-0.05, 0) is 44.0 Å². The number of imidazole rings is 1. The van der Waals surface area contributed by atoms with Gasteiger partial charge in [-0.25, -0.2) is 33.5 Å². The molecule has 0 unspecified atom stereocenters. The van der Waals surface area contributed by atoms with Crippen molar-refractivity contribution in [1.29, 1.82) is 0 Å². The van der Waals surface area contributed by atoms with Gasteiger partial charge < -0.3 is 24.3 Å². The lowest BCUT2D eigenvalue weighted by Crippen LogP contribution is -2.47. The van der Waals surface area contributed by atoms with Crippen molar-refractivity contribution >= 4 is 28.6 Å². The number of rotatable bonds is 10. The maximum atomic E-state index is 15.1. The van der Waals surface area contributed by atoms with E-state index in [0.717, 1.165) is 31.4 Å². The lowest BCUT2D eigenvalue weighted by Gasteiger charge is -2.44. The highest BCUT2D eigenvalue weighted by molar-refractivity contribution is 5.91. The van der Waals surface area contributed by atoms with E-state index < -0.39 is 29.2 Å². The molecule has 0 bridgehead atoms. The fraction of sp³-hybridized carbons (Fsp3) is 0.485. The summed E-state index contributed by atoms with van der Waals surface area (Å²) in [6.07, 6.45) is 1.21. The molecule has 1 saturated heterocycles. The van der Waals surface area contributed by atoms with Gasteiger partial charge in [0.15, 0.2) is 11.5 Å². The van der Waals surface area contributed by atoms with Gasteiger partial charge in [-0.1, -0.05) is 6.42 Å². The van der Waals surface area contributed by atoms with Crippen molar-refractivity contribution in [2.45, 2.75) is 50.9 Å². The molecule has 6 rings (SSSR count). The van der Waals surface area contributed by atoms with Gasteiger partial charge in [0.1, 0.15) is 22.8 Å². The zero-order valence-corrected chi connectivity index (χ0v) is 26.8. The molecule has 0 atom stereocenters. The smallest absolute Gasteiger partial charge is 0.416 e. The molecule has 0 spiro atoms. The van der Waals surface area contributed by atoms with Crippen LogP contribution in [0.4, 0.5) is 33.5 Å². The van der Waals surface area contributed by atoms with Crippen LogP contribution in [0.1, 0.15) is 44.6 Å². The second kappa shape index (κ2) is 12.9. The third kappa shape index (κ3) is 6.64. The molecule has 1 saturated carbocycles. The van der Waals surface area contributed by atoms with Crippen molar-refractivity contribution in [2.75, 3.05) is 56.8 Å². The van der Waals surface area contributed by atoms with Gasteiger partial charge in [0, 0.05) is 57.6 Å². The Morgan fingerprint density at radius 3 is 2.40 bits per heavy atom. The number of hydrogen-bond donors (Lipinski definition) is 1. The van der Waals surface area contributed by atoms with Gasteiger partial charge >= 0.3 is 12.1 Å². The van der Waals surface area contributed by atoms with Crippen LogP contribution in [0.5, 0.6) is 0 Å². The van der Waals surface area contributed by atoms with E-state index in [9.17, 15) is 22.4 Å². The number of methoxy groups -OCH3 is 1. The van der Waals surface area contributed by atoms with Crippen LogP contribution in [-0.2, 0) is 20.4 Å². The number of aromatic amines is 1. The Bertz CT molecular complexity index is 1780. The minimum atomic E-state index is -4.74. The lowest BCUT2D eigenvalue weighted by atomic mass is 9.69. The average molecular weight is 674 g/mol. The molecule has 15 heteroatoms. The summed E-state index contributed by atoms with van der Waals surface area (Å²) in [7, 11) is 3.53. The van der Waals surface area contributed by atoms with Crippen LogP contribution in [0.2, 0.25) is 0 Å². The summed E-state index contributed by atoms with van der Waals surface area (Å²) in [6.45, 7) is 3.39. The maximum Gasteiger partial charge on any atom is 0.416 e. The Hall–Kier alpha value is -4.40. The third-order valence-corrected chi connectivity index (χ3v) is 9.21. The van der Waals surface area contributed by atoms with Crippen molar-refractivity contribution in [1.82, 2.24) is 24.9 Å². The first-order valence-corrected chi connectivity index (χ1v) is 15.8. The molecule has 0 amide bonds. The van der Waals surface area contributed by atoms with Crippen molar-refractivity contribution in [3.05, 3.63) is 48.0 Å². The number of aromatic nitrogens is 5. The average Bonchev–Trinajstić information content (AvgIpc) is 3.47. The molecule has 1 aliphatic heterocycles. The third-order valence-electron chi connectivity index (χ3n) is 9.21. The molecule has 0 radical (unpaired) electrons. The Labute approximate surface area is 273 Å². The number of pyridine rings is 1. The Kier molecular flexibility index (Phi) is 9.00. The molecule has 1 aromatic carbocycles. The van der Waals surface area contributed by atoms with Gasteiger partial charge in [0.2, 0.25) is 5.67 Å². The van der Waals surface area contributed by atoms with Crippen LogP contribution in [0.25, 0.3) is 33.9 Å². The zero-order chi connectivity index (χ0) is 34.3. The SMILES string of the molecule is CCOC(=O)C1(F)CCN(c2cnc(-c3nc4nc(-c5cc(F)cc(C(F)(F)F)c5)cc(N(C)CC5(COC)CCC5)c4[nH]3)cn2)CC1. The molecule has 4 heterocycles. The Morgan fingerprint density at radius 1 is 1.04 bits per heavy atom. The summed E-state index contributed by atoms with van der Waals surface area (Å²) >= 11 is 0. The number of nitrogens with one attached hydrogen (secondary N) is 1. The normalized spacial score (nSPS) is 17.3. The van der Waals surface area contributed by atoms with Crippen molar-refractivity contribution < 1.29 is 36.2 Å². The molecule has 48 heavy (non-hydrogen) atoms. The number of fused-ring (bicyclic) bond motifs is 1. The van der Waals surface area contributed by atoms with Crippen LogP contribution >= 0.6 is 0 Å². The Morgan fingerprint density at radius 2 is 1.79 bits per heavy atom. The number of H-pyrrole nitrogens is 1. The molecular weight excluding hydrogens is 637 g/mol. The van der Waals surface area contributed by atoms with Crippen LogP contribution < -0.4 is 9.80 Å². The molecular formula is C33H36F5N7O3. The maximum absolute atomic E-state index is 15.1. The van der Waals surface area contributed by atoms with E-state index in [1.807, 2.05) is 16.8 Å². The second-order valence-electron chi connectivity index (χ2n) is 12.6. The first-order valence-electron chi connectivity index (χ1n) is 15.8. The highest BCUT2D eigenvalue weighted by Crippen LogP contribution is 2.43. The van der Waals surface area contributed by atoms with E-state index in [1.165, 1.54) is 12.4 Å². The minimum Gasteiger partial charge on any atom is -0.464 e. The topological polar surface area (TPSA) is 109 Å². The number of halogens is 5. The van der Waals surface area contributed by atoms with E-state index in [1.54, 1.807) is 20.1 Å². The molecule has 10 nitrogen and oxygen atoms in total. The first-order chi connectivity index (χ1) is 22.8. The summed E-state index contributed by atoms with van der Waals surface area (Å²) in [5.74, 6) is -1.07. The van der Waals surface area contributed by atoms with Crippen LogP contribution in [-0.4, -0.2) is 83.6 Å². The van der Waals surface area contributed by atoms with Gasteiger partial charge in [0.05, 0.1) is 42.6 Å². The fourth-order valence-electron chi connectivity index (χ4n) is 6.52. The van der Waals surface area contributed by atoms with E-state index in [2.05, 4.69) is 24.9 Å². The quantitative estimate of drug-likeness (QED) is 0.152. The van der Waals surface area contributed by atoms with E-state index >= 15 is 4.39 Å². The predicted molar refractivity (Wildman–Crippen MR) is 169 cm³/mol. The van der Waals surface area contributed by atoms with Crippen LogP contribution in [0.3, 0.4) is 0 Å².